The van der Waals surface area contributed by atoms with Crippen LogP contribution < -0.4 is 16.6 Å². The van der Waals surface area contributed by atoms with Crippen LogP contribution in [-0.4, -0.2) is 17.1 Å². The third-order valence-electron chi connectivity index (χ3n) is 2.39. The molecule has 1 heterocycles. The van der Waals surface area contributed by atoms with Crippen molar-refractivity contribution in [1.29, 1.82) is 0 Å². The highest BCUT2D eigenvalue weighted by atomic mass is 79.9. The molecule has 2 aromatic rings. The van der Waals surface area contributed by atoms with Crippen LogP contribution in [0, 0.1) is 5.82 Å². The maximum Gasteiger partial charge on any atom is 0.158 e. The fraction of sp³-hybridized carbons (Fsp3) is 0.167. The van der Waals surface area contributed by atoms with Gasteiger partial charge >= 0.3 is 0 Å². The number of nitrogens with two attached hydrogens (primary N) is 1. The van der Waals surface area contributed by atoms with Crippen LogP contribution in [0.25, 0.3) is 0 Å². The lowest BCUT2D eigenvalue weighted by Gasteiger charge is -2.10. The van der Waals surface area contributed by atoms with Gasteiger partial charge in [-0.05, 0) is 34.1 Å². The molecule has 0 radical (unpaired) electrons. The molecule has 1 aromatic carbocycles. The molecule has 0 spiro atoms. The summed E-state index contributed by atoms with van der Waals surface area (Å²) in [6.07, 6.45) is 0. The van der Waals surface area contributed by atoms with Crippen molar-refractivity contribution in [3.05, 3.63) is 40.4 Å². The molecule has 0 saturated heterocycles. The minimum absolute atomic E-state index is 0.261. The Kier molecular flexibility index (Phi) is 4.83. The zero-order valence-corrected chi connectivity index (χ0v) is 12.2. The van der Waals surface area contributed by atoms with Gasteiger partial charge in [0.25, 0.3) is 0 Å². The molecule has 0 aliphatic carbocycles. The number of methoxy groups -OCH3 is 1. The minimum Gasteiger partial charge on any atom is -0.377 e. The molecule has 0 amide bonds. The van der Waals surface area contributed by atoms with Gasteiger partial charge in [-0.2, -0.15) is 0 Å². The standard InChI is InChI=1S/C12H13BrFN5O/c1-20-6-12-17-10(5-11(18-12)19-15)16-7-2-3-9(14)8(13)4-7/h2-5H,6,15H2,1H3,(H2,16,17,18,19). The van der Waals surface area contributed by atoms with Gasteiger partial charge in [0, 0.05) is 18.9 Å². The lowest BCUT2D eigenvalue weighted by atomic mass is 10.3. The largest absolute Gasteiger partial charge is 0.377 e. The number of nitrogens with zero attached hydrogens (tertiary/aromatic N) is 2. The number of hydrogen-bond donors (Lipinski definition) is 3. The van der Waals surface area contributed by atoms with Crippen LogP contribution in [0.5, 0.6) is 0 Å². The molecule has 0 fully saturated rings. The number of hydrogen-bond acceptors (Lipinski definition) is 6. The second-order valence-corrected chi connectivity index (χ2v) is 4.74. The predicted octanol–water partition coefficient (Wildman–Crippen LogP) is 2.55. The second-order valence-electron chi connectivity index (χ2n) is 3.89. The summed E-state index contributed by atoms with van der Waals surface area (Å²) in [6.45, 7) is 0.261. The van der Waals surface area contributed by atoms with Gasteiger partial charge in [0.05, 0.1) is 4.47 Å². The van der Waals surface area contributed by atoms with Crippen molar-refractivity contribution < 1.29 is 9.13 Å². The highest BCUT2D eigenvalue weighted by Crippen LogP contribution is 2.23. The molecule has 106 valence electrons. The Morgan fingerprint density at radius 3 is 2.70 bits per heavy atom. The molecule has 8 heteroatoms. The number of benzene rings is 1. The van der Waals surface area contributed by atoms with E-state index in [9.17, 15) is 4.39 Å². The normalized spacial score (nSPS) is 10.4. The summed E-state index contributed by atoms with van der Waals surface area (Å²) in [6, 6.07) is 6.21. The molecule has 0 saturated carbocycles. The van der Waals surface area contributed by atoms with Gasteiger partial charge < -0.3 is 15.5 Å². The van der Waals surface area contributed by atoms with E-state index >= 15 is 0 Å². The fourth-order valence-corrected chi connectivity index (χ4v) is 1.93. The first-order chi connectivity index (χ1) is 9.62. The number of halogens is 2. The Balaban J connectivity index is 2.27. The maximum absolute atomic E-state index is 13.2. The topological polar surface area (TPSA) is 85.1 Å². The summed E-state index contributed by atoms with van der Waals surface area (Å²) in [4.78, 5) is 8.40. The monoisotopic (exact) mass is 341 g/mol. The second kappa shape index (κ2) is 6.60. The van der Waals surface area contributed by atoms with E-state index in [1.807, 2.05) is 0 Å². The molecule has 0 bridgehead atoms. The van der Waals surface area contributed by atoms with Crippen molar-refractivity contribution >= 4 is 33.3 Å². The highest BCUT2D eigenvalue weighted by Gasteiger charge is 2.06. The molecular weight excluding hydrogens is 329 g/mol. The summed E-state index contributed by atoms with van der Waals surface area (Å²) in [7, 11) is 1.55. The summed E-state index contributed by atoms with van der Waals surface area (Å²) < 4.78 is 18.5. The Hall–Kier alpha value is -1.77. The Morgan fingerprint density at radius 2 is 2.05 bits per heavy atom. The number of hydrazine groups is 1. The van der Waals surface area contributed by atoms with Gasteiger partial charge in [0.1, 0.15) is 24.1 Å². The molecule has 6 nitrogen and oxygen atoms in total. The summed E-state index contributed by atoms with van der Waals surface area (Å²) >= 11 is 3.13. The van der Waals surface area contributed by atoms with Crippen LogP contribution in [0.4, 0.5) is 21.7 Å². The van der Waals surface area contributed by atoms with Gasteiger partial charge in [-0.1, -0.05) is 0 Å². The van der Waals surface area contributed by atoms with Gasteiger partial charge in [0.15, 0.2) is 5.82 Å². The SMILES string of the molecule is COCc1nc(NN)cc(Nc2ccc(F)c(Br)c2)n1. The van der Waals surface area contributed by atoms with Crippen molar-refractivity contribution in [1.82, 2.24) is 9.97 Å². The van der Waals surface area contributed by atoms with Gasteiger partial charge in [0.2, 0.25) is 0 Å². The predicted molar refractivity (Wildman–Crippen MR) is 77.9 cm³/mol. The summed E-state index contributed by atoms with van der Waals surface area (Å²) in [5, 5.41) is 3.05. The lowest BCUT2D eigenvalue weighted by molar-refractivity contribution is 0.178. The zero-order chi connectivity index (χ0) is 14.5. The van der Waals surface area contributed by atoms with E-state index in [-0.39, 0.29) is 12.4 Å². The fourth-order valence-electron chi connectivity index (χ4n) is 1.55. The maximum atomic E-state index is 13.2. The molecule has 4 N–H and O–H groups in total. The van der Waals surface area contributed by atoms with Crippen molar-refractivity contribution in [2.45, 2.75) is 6.61 Å². The number of rotatable bonds is 5. The third-order valence-corrected chi connectivity index (χ3v) is 2.99. The van der Waals surface area contributed by atoms with E-state index in [4.69, 9.17) is 10.6 Å². The average molecular weight is 342 g/mol. The number of anilines is 3. The third kappa shape index (κ3) is 3.62. The van der Waals surface area contributed by atoms with E-state index in [1.54, 1.807) is 25.3 Å². The van der Waals surface area contributed by atoms with E-state index in [2.05, 4.69) is 36.6 Å². The van der Waals surface area contributed by atoms with Crippen molar-refractivity contribution in [3.8, 4) is 0 Å². The zero-order valence-electron chi connectivity index (χ0n) is 10.7. The van der Waals surface area contributed by atoms with Crippen LogP contribution in [0.3, 0.4) is 0 Å². The van der Waals surface area contributed by atoms with Crippen LogP contribution >= 0.6 is 15.9 Å². The molecule has 1 aromatic heterocycles. The van der Waals surface area contributed by atoms with E-state index in [1.165, 1.54) is 6.07 Å². The van der Waals surface area contributed by atoms with Crippen molar-refractivity contribution in [3.63, 3.8) is 0 Å². The molecule has 0 atom stereocenters. The number of aromatic nitrogens is 2. The number of ether oxygens (including phenoxy) is 1. The Morgan fingerprint density at radius 1 is 1.30 bits per heavy atom. The Labute approximate surface area is 123 Å². The summed E-state index contributed by atoms with van der Waals surface area (Å²) in [5.74, 6) is 6.48. The van der Waals surface area contributed by atoms with Gasteiger partial charge in [-0.15, -0.1) is 0 Å². The molecular formula is C12H13BrFN5O. The summed E-state index contributed by atoms with van der Waals surface area (Å²) in [5.41, 5.74) is 3.14. The first kappa shape index (κ1) is 14.6. The molecule has 0 aliphatic heterocycles. The van der Waals surface area contributed by atoms with E-state index in [0.29, 0.717) is 27.6 Å². The average Bonchev–Trinajstić information content (AvgIpc) is 2.43. The quantitative estimate of drug-likeness (QED) is 0.572. The van der Waals surface area contributed by atoms with Crippen molar-refractivity contribution in [2.24, 2.45) is 5.84 Å². The first-order valence-corrected chi connectivity index (χ1v) is 6.47. The Bertz CT molecular complexity index is 610. The molecule has 0 aliphatic rings. The number of nitrogens with one attached hydrogen (secondary N) is 2. The van der Waals surface area contributed by atoms with Crippen molar-refractivity contribution in [2.75, 3.05) is 17.9 Å². The molecule has 0 unspecified atom stereocenters. The van der Waals surface area contributed by atoms with Crippen LogP contribution in [0.2, 0.25) is 0 Å². The molecule has 2 rings (SSSR count). The van der Waals surface area contributed by atoms with Gasteiger partial charge in [-0.25, -0.2) is 20.2 Å². The first-order valence-electron chi connectivity index (χ1n) is 5.68. The molecule has 20 heavy (non-hydrogen) atoms. The minimum atomic E-state index is -0.331. The van der Waals surface area contributed by atoms with Crippen LogP contribution in [-0.2, 0) is 11.3 Å². The number of nitrogen functional groups attached to an aromatic ring is 1. The van der Waals surface area contributed by atoms with E-state index < -0.39 is 0 Å². The van der Waals surface area contributed by atoms with Gasteiger partial charge in [-0.3, -0.25) is 0 Å². The highest BCUT2D eigenvalue weighted by molar-refractivity contribution is 9.10. The van der Waals surface area contributed by atoms with Crippen LogP contribution in [0.15, 0.2) is 28.7 Å². The van der Waals surface area contributed by atoms with E-state index in [0.717, 1.165) is 0 Å². The van der Waals surface area contributed by atoms with Crippen LogP contribution in [0.1, 0.15) is 5.82 Å². The smallest absolute Gasteiger partial charge is 0.158 e. The lowest BCUT2D eigenvalue weighted by Crippen LogP contribution is -2.11.